The molecule has 0 atom stereocenters. The standard InChI is InChI=1S/C21H23N3O.H3N/c1-3-8-17(9-4-1)12-7-13-24-15-19(16-24)21-22-20(23-25-21)14-18-10-5-2-6-11-18;/h1-6,8-11,19H,7,12-16H2;1H3. The van der Waals surface area contributed by atoms with E-state index < -0.39 is 0 Å². The SMILES string of the molecule is N.c1ccc(CCCN2CC(c3nc(Cc4ccccc4)no3)C2)cc1. The first-order valence-corrected chi connectivity index (χ1v) is 8.99. The molecule has 0 unspecified atom stereocenters. The molecular weight excluding hydrogens is 324 g/mol. The van der Waals surface area contributed by atoms with Gasteiger partial charge in [0.25, 0.3) is 0 Å². The largest absolute Gasteiger partial charge is 0.344 e. The van der Waals surface area contributed by atoms with Gasteiger partial charge in [0, 0.05) is 19.5 Å². The summed E-state index contributed by atoms with van der Waals surface area (Å²) in [4.78, 5) is 7.05. The average molecular weight is 350 g/mol. The summed E-state index contributed by atoms with van der Waals surface area (Å²) in [5.41, 5.74) is 2.63. The summed E-state index contributed by atoms with van der Waals surface area (Å²) in [5.74, 6) is 1.97. The lowest BCUT2D eigenvalue weighted by Crippen LogP contribution is -2.45. The molecule has 5 heteroatoms. The van der Waals surface area contributed by atoms with Crippen LogP contribution in [0.1, 0.15) is 35.2 Å². The van der Waals surface area contributed by atoms with Gasteiger partial charge < -0.3 is 15.6 Å². The van der Waals surface area contributed by atoms with Gasteiger partial charge >= 0.3 is 0 Å². The van der Waals surface area contributed by atoms with E-state index in [0.717, 1.165) is 44.2 Å². The predicted molar refractivity (Wildman–Crippen MR) is 103 cm³/mol. The fraction of sp³-hybridized carbons (Fsp3) is 0.333. The van der Waals surface area contributed by atoms with Gasteiger partial charge in [-0.15, -0.1) is 0 Å². The van der Waals surface area contributed by atoms with Gasteiger partial charge in [-0.25, -0.2) is 0 Å². The van der Waals surface area contributed by atoms with Crippen molar-refractivity contribution < 1.29 is 4.52 Å². The van der Waals surface area contributed by atoms with Gasteiger partial charge in [-0.1, -0.05) is 65.8 Å². The van der Waals surface area contributed by atoms with Gasteiger partial charge in [-0.05, 0) is 30.5 Å². The van der Waals surface area contributed by atoms with E-state index in [0.29, 0.717) is 5.92 Å². The van der Waals surface area contributed by atoms with E-state index in [-0.39, 0.29) is 6.15 Å². The summed E-state index contributed by atoms with van der Waals surface area (Å²) in [6.45, 7) is 3.19. The highest BCUT2D eigenvalue weighted by Gasteiger charge is 2.31. The molecule has 1 aliphatic heterocycles. The van der Waals surface area contributed by atoms with Crippen LogP contribution in [-0.2, 0) is 12.8 Å². The Balaban J connectivity index is 0.00000196. The molecule has 0 saturated carbocycles. The molecule has 1 aromatic heterocycles. The summed E-state index contributed by atoms with van der Waals surface area (Å²) < 4.78 is 5.48. The van der Waals surface area contributed by atoms with Crippen molar-refractivity contribution in [1.82, 2.24) is 21.2 Å². The summed E-state index contributed by atoms with van der Waals surface area (Å²) in [6.07, 6.45) is 3.07. The van der Waals surface area contributed by atoms with E-state index in [1.165, 1.54) is 17.5 Å². The molecule has 0 bridgehead atoms. The molecule has 136 valence electrons. The van der Waals surface area contributed by atoms with Gasteiger partial charge in [0.1, 0.15) is 0 Å². The normalized spacial score (nSPS) is 14.6. The highest BCUT2D eigenvalue weighted by Crippen LogP contribution is 2.26. The first kappa shape index (κ1) is 18.3. The van der Waals surface area contributed by atoms with E-state index in [9.17, 15) is 0 Å². The zero-order valence-electron chi connectivity index (χ0n) is 15.1. The van der Waals surface area contributed by atoms with Gasteiger partial charge in [0.2, 0.25) is 5.89 Å². The molecule has 0 spiro atoms. The first-order valence-electron chi connectivity index (χ1n) is 8.99. The van der Waals surface area contributed by atoms with Gasteiger partial charge in [0.15, 0.2) is 5.82 Å². The molecule has 26 heavy (non-hydrogen) atoms. The molecule has 5 nitrogen and oxygen atoms in total. The van der Waals surface area contributed by atoms with Crippen molar-refractivity contribution in [2.24, 2.45) is 0 Å². The van der Waals surface area contributed by atoms with E-state index in [4.69, 9.17) is 4.52 Å². The Kier molecular flexibility index (Phi) is 6.15. The van der Waals surface area contributed by atoms with Crippen molar-refractivity contribution >= 4 is 0 Å². The minimum Gasteiger partial charge on any atom is -0.344 e. The number of aryl methyl sites for hydroxylation is 1. The second-order valence-electron chi connectivity index (χ2n) is 6.76. The molecule has 4 rings (SSSR count). The van der Waals surface area contributed by atoms with Crippen molar-refractivity contribution in [3.8, 4) is 0 Å². The second kappa shape index (κ2) is 8.74. The zero-order chi connectivity index (χ0) is 16.9. The fourth-order valence-electron chi connectivity index (χ4n) is 3.34. The second-order valence-corrected chi connectivity index (χ2v) is 6.76. The Morgan fingerprint density at radius 2 is 1.58 bits per heavy atom. The lowest BCUT2D eigenvalue weighted by atomic mass is 9.99. The third-order valence-electron chi connectivity index (χ3n) is 4.78. The lowest BCUT2D eigenvalue weighted by molar-refractivity contribution is 0.124. The van der Waals surface area contributed by atoms with E-state index in [2.05, 4.69) is 57.5 Å². The van der Waals surface area contributed by atoms with Crippen LogP contribution in [0, 0.1) is 0 Å². The number of rotatable bonds is 7. The van der Waals surface area contributed by atoms with Crippen LogP contribution in [0.15, 0.2) is 65.2 Å². The van der Waals surface area contributed by atoms with E-state index in [1.807, 2.05) is 18.2 Å². The lowest BCUT2D eigenvalue weighted by Gasteiger charge is -2.37. The average Bonchev–Trinajstić information content (AvgIpc) is 3.06. The van der Waals surface area contributed by atoms with E-state index >= 15 is 0 Å². The molecule has 0 radical (unpaired) electrons. The monoisotopic (exact) mass is 350 g/mol. The molecule has 0 aliphatic carbocycles. The highest BCUT2D eigenvalue weighted by atomic mass is 16.5. The van der Waals surface area contributed by atoms with Crippen LogP contribution in [0.3, 0.4) is 0 Å². The van der Waals surface area contributed by atoms with Crippen molar-refractivity contribution in [3.05, 3.63) is 83.5 Å². The summed E-state index contributed by atoms with van der Waals surface area (Å²) in [7, 11) is 0. The van der Waals surface area contributed by atoms with Gasteiger partial charge in [-0.2, -0.15) is 4.98 Å². The van der Waals surface area contributed by atoms with E-state index in [1.54, 1.807) is 0 Å². The molecule has 3 aromatic rings. The molecule has 1 saturated heterocycles. The Hall–Kier alpha value is -2.50. The molecule has 1 fully saturated rings. The first-order chi connectivity index (χ1) is 12.4. The Morgan fingerprint density at radius 3 is 2.27 bits per heavy atom. The Bertz CT molecular complexity index is 782. The summed E-state index contributed by atoms with van der Waals surface area (Å²) >= 11 is 0. The zero-order valence-corrected chi connectivity index (χ0v) is 15.1. The molecular formula is C21H26N4O. The van der Waals surface area contributed by atoms with Crippen molar-refractivity contribution in [1.29, 1.82) is 0 Å². The summed E-state index contributed by atoms with van der Waals surface area (Å²) in [5, 5.41) is 4.14. The number of hydrogen-bond donors (Lipinski definition) is 1. The minimum absolute atomic E-state index is 0. The molecule has 2 aromatic carbocycles. The van der Waals surface area contributed by atoms with Crippen molar-refractivity contribution in [2.75, 3.05) is 19.6 Å². The highest BCUT2D eigenvalue weighted by molar-refractivity contribution is 5.19. The number of aromatic nitrogens is 2. The van der Waals surface area contributed by atoms with Crippen LogP contribution in [0.5, 0.6) is 0 Å². The topological polar surface area (TPSA) is 77.2 Å². The number of hydrogen-bond acceptors (Lipinski definition) is 5. The van der Waals surface area contributed by atoms with Crippen molar-refractivity contribution in [2.45, 2.75) is 25.2 Å². The van der Waals surface area contributed by atoms with Gasteiger partial charge in [-0.3, -0.25) is 0 Å². The number of benzene rings is 2. The maximum Gasteiger partial charge on any atom is 0.232 e. The molecule has 1 aliphatic rings. The molecule has 2 heterocycles. The number of likely N-dealkylation sites (tertiary alicyclic amines) is 1. The van der Waals surface area contributed by atoms with Crippen LogP contribution in [-0.4, -0.2) is 34.7 Å². The third kappa shape index (κ3) is 4.56. The Morgan fingerprint density at radius 1 is 0.923 bits per heavy atom. The van der Waals surface area contributed by atoms with Crippen molar-refractivity contribution in [3.63, 3.8) is 0 Å². The summed E-state index contributed by atoms with van der Waals surface area (Å²) in [6, 6.07) is 21.0. The molecule has 3 N–H and O–H groups in total. The third-order valence-corrected chi connectivity index (χ3v) is 4.78. The minimum atomic E-state index is 0. The van der Waals surface area contributed by atoms with Crippen LogP contribution in [0.2, 0.25) is 0 Å². The maximum atomic E-state index is 5.48. The number of nitrogens with zero attached hydrogens (tertiary/aromatic N) is 3. The predicted octanol–water partition coefficient (Wildman–Crippen LogP) is 3.85. The quantitative estimate of drug-likeness (QED) is 0.700. The van der Waals surface area contributed by atoms with Crippen LogP contribution < -0.4 is 6.15 Å². The molecule has 0 amide bonds. The van der Waals surface area contributed by atoms with Crippen LogP contribution in [0.4, 0.5) is 0 Å². The van der Waals surface area contributed by atoms with Gasteiger partial charge in [0.05, 0.1) is 5.92 Å². The van der Waals surface area contributed by atoms with Crippen LogP contribution >= 0.6 is 0 Å². The maximum absolute atomic E-state index is 5.48. The van der Waals surface area contributed by atoms with Crippen LogP contribution in [0.25, 0.3) is 0 Å². The Labute approximate surface area is 154 Å². The smallest absolute Gasteiger partial charge is 0.232 e. The fourth-order valence-corrected chi connectivity index (χ4v) is 3.34.